The highest BCUT2D eigenvalue weighted by molar-refractivity contribution is 5.70. The summed E-state index contributed by atoms with van der Waals surface area (Å²) in [4.78, 5) is 11.1. The van der Waals surface area contributed by atoms with Gasteiger partial charge in [-0.05, 0) is 39.0 Å². The molecule has 0 saturated heterocycles. The van der Waals surface area contributed by atoms with Crippen LogP contribution in [0.5, 0.6) is 0 Å². The predicted molar refractivity (Wildman–Crippen MR) is 57.1 cm³/mol. The average molecular weight is 196 g/mol. The van der Waals surface area contributed by atoms with Crippen LogP contribution in [0.15, 0.2) is 11.6 Å². The summed E-state index contributed by atoms with van der Waals surface area (Å²) in [5, 5.41) is 9.12. The van der Waals surface area contributed by atoms with Gasteiger partial charge >= 0.3 is 5.97 Å². The minimum absolute atomic E-state index is 0.146. The van der Waals surface area contributed by atoms with Crippen LogP contribution in [0.25, 0.3) is 0 Å². The Labute approximate surface area is 86.0 Å². The third-order valence-electron chi connectivity index (χ3n) is 3.07. The topological polar surface area (TPSA) is 37.3 Å². The number of hydrogen-bond acceptors (Lipinski definition) is 1. The predicted octanol–water partition coefficient (Wildman–Crippen LogP) is 3.23. The van der Waals surface area contributed by atoms with Crippen molar-refractivity contribution in [3.05, 3.63) is 11.6 Å². The van der Waals surface area contributed by atoms with Crippen molar-refractivity contribution >= 4 is 5.97 Å². The molecule has 0 heterocycles. The summed E-state index contributed by atoms with van der Waals surface area (Å²) in [6.07, 6.45) is 7.40. The summed E-state index contributed by atoms with van der Waals surface area (Å²) >= 11 is 0. The van der Waals surface area contributed by atoms with Crippen LogP contribution < -0.4 is 0 Å². The van der Waals surface area contributed by atoms with Gasteiger partial charge in [-0.15, -0.1) is 0 Å². The fourth-order valence-corrected chi connectivity index (χ4v) is 2.22. The molecule has 0 spiro atoms. The van der Waals surface area contributed by atoms with Crippen LogP contribution in [0.1, 0.15) is 46.0 Å². The molecule has 2 nitrogen and oxygen atoms in total. The zero-order chi connectivity index (χ0) is 10.6. The van der Waals surface area contributed by atoms with Crippen molar-refractivity contribution < 1.29 is 9.90 Å². The molecule has 0 bridgehead atoms. The van der Waals surface area contributed by atoms with Gasteiger partial charge in [0.1, 0.15) is 0 Å². The number of allylic oxidation sites excluding steroid dienone is 2. The lowest BCUT2D eigenvalue weighted by atomic mass is 9.88. The third-order valence-corrected chi connectivity index (χ3v) is 3.07. The number of aliphatic carboxylic acids is 1. The number of carboxylic acid groups (broad SMARTS) is 1. The van der Waals surface area contributed by atoms with Gasteiger partial charge in [-0.25, -0.2) is 0 Å². The first-order valence-corrected chi connectivity index (χ1v) is 5.47. The van der Waals surface area contributed by atoms with Crippen LogP contribution in [-0.2, 0) is 4.79 Å². The van der Waals surface area contributed by atoms with E-state index in [2.05, 4.69) is 6.08 Å². The summed E-state index contributed by atoms with van der Waals surface area (Å²) in [5.74, 6) is -0.343. The quantitative estimate of drug-likeness (QED) is 0.701. The molecule has 1 aliphatic carbocycles. The van der Waals surface area contributed by atoms with Crippen LogP contribution in [0, 0.1) is 11.8 Å². The molecule has 80 valence electrons. The molecule has 0 aromatic carbocycles. The summed E-state index contributed by atoms with van der Waals surface area (Å²) < 4.78 is 0. The fourth-order valence-electron chi connectivity index (χ4n) is 2.22. The third kappa shape index (κ3) is 3.17. The van der Waals surface area contributed by atoms with Crippen LogP contribution in [0.3, 0.4) is 0 Å². The van der Waals surface area contributed by atoms with Gasteiger partial charge in [0.15, 0.2) is 0 Å². The van der Waals surface area contributed by atoms with Crippen molar-refractivity contribution in [2.24, 2.45) is 11.8 Å². The molecule has 1 saturated carbocycles. The van der Waals surface area contributed by atoms with Crippen molar-refractivity contribution in [1.29, 1.82) is 0 Å². The van der Waals surface area contributed by atoms with Gasteiger partial charge in [0.2, 0.25) is 0 Å². The van der Waals surface area contributed by atoms with Crippen LogP contribution in [0.4, 0.5) is 0 Å². The Kier molecular flexibility index (Phi) is 4.18. The Morgan fingerprint density at radius 3 is 2.43 bits per heavy atom. The van der Waals surface area contributed by atoms with Crippen molar-refractivity contribution in [3.8, 4) is 0 Å². The molecule has 0 radical (unpaired) electrons. The Bertz CT molecular complexity index is 220. The van der Waals surface area contributed by atoms with E-state index in [0.717, 1.165) is 12.8 Å². The second-order valence-electron chi connectivity index (χ2n) is 4.51. The van der Waals surface area contributed by atoms with Crippen molar-refractivity contribution in [1.82, 2.24) is 0 Å². The lowest BCUT2D eigenvalue weighted by molar-refractivity contribution is -0.143. The van der Waals surface area contributed by atoms with Crippen molar-refractivity contribution in [3.63, 3.8) is 0 Å². The Morgan fingerprint density at radius 1 is 1.43 bits per heavy atom. The molecule has 1 atom stereocenters. The van der Waals surface area contributed by atoms with E-state index in [9.17, 15) is 4.79 Å². The lowest BCUT2D eigenvalue weighted by Crippen LogP contribution is -2.21. The van der Waals surface area contributed by atoms with Crippen molar-refractivity contribution in [2.45, 2.75) is 46.0 Å². The van der Waals surface area contributed by atoms with E-state index in [1.807, 2.05) is 13.8 Å². The zero-order valence-electron chi connectivity index (χ0n) is 9.12. The molecule has 1 N–H and O–H groups in total. The van der Waals surface area contributed by atoms with E-state index in [-0.39, 0.29) is 5.92 Å². The molecule has 0 aliphatic heterocycles. The van der Waals surface area contributed by atoms with Crippen LogP contribution in [0.2, 0.25) is 0 Å². The fraction of sp³-hybridized carbons (Fsp3) is 0.750. The first-order valence-electron chi connectivity index (χ1n) is 5.47. The van der Waals surface area contributed by atoms with E-state index in [1.54, 1.807) is 0 Å². The molecule has 1 rings (SSSR count). The van der Waals surface area contributed by atoms with E-state index in [4.69, 9.17) is 5.11 Å². The molecule has 1 aliphatic rings. The van der Waals surface area contributed by atoms with Gasteiger partial charge < -0.3 is 5.11 Å². The van der Waals surface area contributed by atoms with Gasteiger partial charge in [0, 0.05) is 0 Å². The summed E-state index contributed by atoms with van der Waals surface area (Å²) in [5.41, 5.74) is 1.22. The minimum atomic E-state index is -0.616. The SMILES string of the molecule is CC(C)=CCC(C(=O)O)C1CCCC1. The maximum Gasteiger partial charge on any atom is 0.307 e. The van der Waals surface area contributed by atoms with Gasteiger partial charge in [-0.1, -0.05) is 24.5 Å². The smallest absolute Gasteiger partial charge is 0.307 e. The van der Waals surface area contributed by atoms with Crippen molar-refractivity contribution in [2.75, 3.05) is 0 Å². The number of carbonyl (C=O) groups is 1. The molecule has 2 heteroatoms. The number of hydrogen-bond donors (Lipinski definition) is 1. The standard InChI is InChI=1S/C12H20O2/c1-9(2)7-8-11(12(13)14)10-5-3-4-6-10/h7,10-11H,3-6,8H2,1-2H3,(H,13,14). The molecule has 14 heavy (non-hydrogen) atoms. The zero-order valence-corrected chi connectivity index (χ0v) is 9.12. The van der Waals surface area contributed by atoms with E-state index >= 15 is 0 Å². The van der Waals surface area contributed by atoms with Gasteiger partial charge in [0.25, 0.3) is 0 Å². The highest BCUT2D eigenvalue weighted by Crippen LogP contribution is 2.33. The van der Waals surface area contributed by atoms with Crippen LogP contribution in [-0.4, -0.2) is 11.1 Å². The Balaban J connectivity index is 2.54. The first kappa shape index (κ1) is 11.3. The van der Waals surface area contributed by atoms with Gasteiger partial charge in [-0.3, -0.25) is 4.79 Å². The first-order chi connectivity index (χ1) is 6.61. The Hall–Kier alpha value is -0.790. The number of carboxylic acids is 1. The molecule has 0 aromatic rings. The molecular formula is C12H20O2. The average Bonchev–Trinajstić information content (AvgIpc) is 2.56. The minimum Gasteiger partial charge on any atom is -0.481 e. The molecule has 1 unspecified atom stereocenters. The number of rotatable bonds is 4. The van der Waals surface area contributed by atoms with E-state index < -0.39 is 5.97 Å². The maximum atomic E-state index is 11.1. The van der Waals surface area contributed by atoms with E-state index in [0.29, 0.717) is 12.3 Å². The second-order valence-corrected chi connectivity index (χ2v) is 4.51. The molecule has 0 amide bonds. The largest absolute Gasteiger partial charge is 0.481 e. The van der Waals surface area contributed by atoms with E-state index in [1.165, 1.54) is 18.4 Å². The summed E-state index contributed by atoms with van der Waals surface area (Å²) in [7, 11) is 0. The summed E-state index contributed by atoms with van der Waals surface area (Å²) in [6.45, 7) is 4.04. The van der Waals surface area contributed by atoms with Gasteiger partial charge in [0.05, 0.1) is 5.92 Å². The van der Waals surface area contributed by atoms with Gasteiger partial charge in [-0.2, -0.15) is 0 Å². The van der Waals surface area contributed by atoms with Crippen LogP contribution >= 0.6 is 0 Å². The second kappa shape index (κ2) is 5.18. The lowest BCUT2D eigenvalue weighted by Gasteiger charge is -2.17. The molecule has 1 fully saturated rings. The monoisotopic (exact) mass is 196 g/mol. The molecule has 0 aromatic heterocycles. The molecular weight excluding hydrogens is 176 g/mol. The summed E-state index contributed by atoms with van der Waals surface area (Å²) in [6, 6.07) is 0. The highest BCUT2D eigenvalue weighted by Gasteiger charge is 2.29. The highest BCUT2D eigenvalue weighted by atomic mass is 16.4. The Morgan fingerprint density at radius 2 is 2.00 bits per heavy atom. The normalized spacial score (nSPS) is 19.3. The maximum absolute atomic E-state index is 11.1.